The number of nitrogens with one attached hydrogen (secondary N) is 1. The molecule has 0 bridgehead atoms. The van der Waals surface area contributed by atoms with Crippen LogP contribution in [0.4, 0.5) is 0 Å². The molecule has 98 valence electrons. The maximum absolute atomic E-state index is 12.0. The van der Waals surface area contributed by atoms with Crippen LogP contribution in [0.1, 0.15) is 33.6 Å². The average molecular weight is 244 g/mol. The van der Waals surface area contributed by atoms with Gasteiger partial charge in [0, 0.05) is 12.5 Å². The van der Waals surface area contributed by atoms with Crippen molar-refractivity contribution in [2.75, 3.05) is 0 Å². The molecule has 17 heavy (non-hydrogen) atoms. The summed E-state index contributed by atoms with van der Waals surface area (Å²) in [5, 5.41) is 14.1. The molecule has 7 nitrogen and oxygen atoms in total. The lowest BCUT2D eigenvalue weighted by atomic mass is 9.85. The summed E-state index contributed by atoms with van der Waals surface area (Å²) in [7, 11) is 0. The Morgan fingerprint density at radius 3 is 2.35 bits per heavy atom. The fourth-order valence-corrected chi connectivity index (χ4v) is 1.30. The zero-order chi connectivity index (χ0) is 13.6. The van der Waals surface area contributed by atoms with Crippen molar-refractivity contribution in [1.29, 1.82) is 0 Å². The Kier molecular flexibility index (Phi) is 5.43. The number of primary amides is 1. The third kappa shape index (κ3) is 3.93. The largest absolute Gasteiger partial charge is 0.409 e. The van der Waals surface area contributed by atoms with Crippen molar-refractivity contribution in [2.24, 2.45) is 22.0 Å². The van der Waals surface area contributed by atoms with E-state index in [9.17, 15) is 9.59 Å². The summed E-state index contributed by atoms with van der Waals surface area (Å²) in [6.45, 7) is 4.97. The van der Waals surface area contributed by atoms with Gasteiger partial charge in [-0.2, -0.15) is 0 Å². The van der Waals surface area contributed by atoms with Crippen LogP contribution in [0.5, 0.6) is 0 Å². The van der Waals surface area contributed by atoms with Gasteiger partial charge in [0.15, 0.2) is 5.84 Å². The van der Waals surface area contributed by atoms with E-state index in [1.807, 2.05) is 0 Å². The quantitative estimate of drug-likeness (QED) is 0.218. The molecule has 0 aromatic heterocycles. The van der Waals surface area contributed by atoms with Gasteiger partial charge in [0.2, 0.25) is 11.8 Å². The molecule has 0 saturated carbocycles. The summed E-state index contributed by atoms with van der Waals surface area (Å²) in [6.07, 6.45) is 0.416. The van der Waals surface area contributed by atoms with Crippen LogP contribution in [0, 0.1) is 5.41 Å². The summed E-state index contributed by atoms with van der Waals surface area (Å²) in [5.74, 6) is -1.06. The second kappa shape index (κ2) is 6.07. The molecule has 0 aromatic rings. The van der Waals surface area contributed by atoms with Crippen LogP contribution in [-0.2, 0) is 9.59 Å². The molecule has 0 aliphatic rings. The van der Waals surface area contributed by atoms with Crippen molar-refractivity contribution >= 4 is 17.6 Å². The van der Waals surface area contributed by atoms with E-state index < -0.39 is 23.3 Å². The van der Waals surface area contributed by atoms with Crippen LogP contribution in [0.2, 0.25) is 0 Å². The highest BCUT2D eigenvalue weighted by Crippen LogP contribution is 2.21. The highest BCUT2D eigenvalue weighted by atomic mass is 16.4. The highest BCUT2D eigenvalue weighted by molar-refractivity contribution is 6.06. The molecule has 0 radical (unpaired) electrons. The van der Waals surface area contributed by atoms with E-state index in [1.54, 1.807) is 20.8 Å². The molecule has 0 aromatic carbocycles. The van der Waals surface area contributed by atoms with Crippen molar-refractivity contribution in [3.05, 3.63) is 0 Å². The zero-order valence-electron chi connectivity index (χ0n) is 10.4. The first kappa shape index (κ1) is 15.2. The molecule has 2 unspecified atom stereocenters. The van der Waals surface area contributed by atoms with E-state index in [-0.39, 0.29) is 12.3 Å². The van der Waals surface area contributed by atoms with Crippen LogP contribution >= 0.6 is 0 Å². The summed E-state index contributed by atoms with van der Waals surface area (Å²) >= 11 is 0. The van der Waals surface area contributed by atoms with Gasteiger partial charge in [0.05, 0.1) is 0 Å². The summed E-state index contributed by atoms with van der Waals surface area (Å²) in [6, 6.07) is -0.391. The van der Waals surface area contributed by atoms with Crippen molar-refractivity contribution in [1.82, 2.24) is 5.32 Å². The molecule has 7 heteroatoms. The molecule has 0 spiro atoms. The number of hydrogen-bond acceptors (Lipinski definition) is 4. The van der Waals surface area contributed by atoms with Crippen LogP contribution in [0.25, 0.3) is 0 Å². The molecular weight excluding hydrogens is 224 g/mol. The topological polar surface area (TPSA) is 131 Å². The molecule has 6 N–H and O–H groups in total. The fourth-order valence-electron chi connectivity index (χ4n) is 1.30. The molecule has 0 aliphatic heterocycles. The van der Waals surface area contributed by atoms with Gasteiger partial charge >= 0.3 is 0 Å². The van der Waals surface area contributed by atoms with E-state index in [4.69, 9.17) is 16.7 Å². The van der Waals surface area contributed by atoms with Gasteiger partial charge in [0.1, 0.15) is 5.41 Å². The van der Waals surface area contributed by atoms with Crippen LogP contribution in [0.15, 0.2) is 5.16 Å². The molecule has 2 atom stereocenters. The first-order valence-electron chi connectivity index (χ1n) is 5.35. The van der Waals surface area contributed by atoms with Crippen molar-refractivity contribution in [2.45, 2.75) is 39.7 Å². The first-order chi connectivity index (χ1) is 7.77. The van der Waals surface area contributed by atoms with Crippen molar-refractivity contribution in [3.8, 4) is 0 Å². The zero-order valence-corrected chi connectivity index (χ0v) is 10.4. The number of amides is 2. The van der Waals surface area contributed by atoms with Gasteiger partial charge in [-0.15, -0.1) is 0 Å². The number of nitrogens with zero attached hydrogens (tertiary/aromatic N) is 1. The van der Waals surface area contributed by atoms with Crippen LogP contribution < -0.4 is 16.8 Å². The number of carbonyl (C=O) groups excluding carboxylic acids is 2. The Labute approximate surface area is 100 Å². The van der Waals surface area contributed by atoms with Crippen LogP contribution in [-0.4, -0.2) is 28.9 Å². The average Bonchev–Trinajstić information content (AvgIpc) is 2.25. The summed E-state index contributed by atoms with van der Waals surface area (Å²) < 4.78 is 0. The minimum absolute atomic E-state index is 0.0434. The minimum Gasteiger partial charge on any atom is -0.409 e. The van der Waals surface area contributed by atoms with Gasteiger partial charge in [-0.25, -0.2) is 0 Å². The van der Waals surface area contributed by atoms with Gasteiger partial charge in [-0.05, 0) is 20.3 Å². The lowest BCUT2D eigenvalue weighted by Crippen LogP contribution is -2.50. The maximum Gasteiger partial charge on any atom is 0.233 e. The summed E-state index contributed by atoms with van der Waals surface area (Å²) in [5.41, 5.74) is 9.41. The van der Waals surface area contributed by atoms with Crippen LogP contribution in [0.3, 0.4) is 0 Å². The molecule has 0 rings (SSSR count). The van der Waals surface area contributed by atoms with Gasteiger partial charge in [0.25, 0.3) is 0 Å². The van der Waals surface area contributed by atoms with E-state index in [0.29, 0.717) is 6.42 Å². The number of oxime groups is 1. The normalized spacial score (nSPS) is 17.0. The minimum atomic E-state index is -1.10. The number of hydrogen-bond donors (Lipinski definition) is 4. The Bertz CT molecular complexity index is 330. The predicted molar refractivity (Wildman–Crippen MR) is 63.2 cm³/mol. The molecule has 0 saturated heterocycles. The number of amidine groups is 1. The van der Waals surface area contributed by atoms with Gasteiger partial charge in [-0.3, -0.25) is 9.59 Å². The SMILES string of the molecule is CCC(C)(C(=O)NC(C)CC(N)=O)C(N)=NO. The van der Waals surface area contributed by atoms with Crippen molar-refractivity contribution < 1.29 is 14.8 Å². The monoisotopic (exact) mass is 244 g/mol. The van der Waals surface area contributed by atoms with E-state index in [0.717, 1.165) is 0 Å². The van der Waals surface area contributed by atoms with Gasteiger partial charge < -0.3 is 22.0 Å². The second-order valence-corrected chi connectivity index (χ2v) is 4.22. The molecule has 2 amide bonds. The Morgan fingerprint density at radius 1 is 1.47 bits per heavy atom. The molecule has 0 fully saturated rings. The fraction of sp³-hybridized carbons (Fsp3) is 0.700. The highest BCUT2D eigenvalue weighted by Gasteiger charge is 2.36. The molecule has 0 heterocycles. The van der Waals surface area contributed by atoms with E-state index >= 15 is 0 Å². The predicted octanol–water partition coefficient (Wildman–Crippen LogP) is -0.471. The number of rotatable bonds is 6. The lowest BCUT2D eigenvalue weighted by Gasteiger charge is -2.27. The first-order valence-corrected chi connectivity index (χ1v) is 5.35. The van der Waals surface area contributed by atoms with E-state index in [2.05, 4.69) is 10.5 Å². The lowest BCUT2D eigenvalue weighted by molar-refractivity contribution is -0.128. The smallest absolute Gasteiger partial charge is 0.233 e. The molecular formula is C10H20N4O3. The number of carbonyl (C=O) groups is 2. The maximum atomic E-state index is 12.0. The second-order valence-electron chi connectivity index (χ2n) is 4.22. The third-order valence-electron chi connectivity index (χ3n) is 2.77. The Morgan fingerprint density at radius 2 is 2.00 bits per heavy atom. The van der Waals surface area contributed by atoms with Gasteiger partial charge in [-0.1, -0.05) is 12.1 Å². The summed E-state index contributed by atoms with van der Waals surface area (Å²) in [4.78, 5) is 22.6. The molecule has 0 aliphatic carbocycles. The third-order valence-corrected chi connectivity index (χ3v) is 2.77. The standard InChI is InChI=1S/C10H20N4O3/c1-4-10(3,8(12)14-17)9(16)13-6(2)5-7(11)15/h6,17H,4-5H2,1-3H3,(H2,11,15)(H2,12,14)(H,13,16). The Balaban J connectivity index is 4.73. The van der Waals surface area contributed by atoms with Crippen molar-refractivity contribution in [3.63, 3.8) is 0 Å². The number of nitrogens with two attached hydrogens (primary N) is 2. The Hall–Kier alpha value is -1.79. The van der Waals surface area contributed by atoms with E-state index in [1.165, 1.54) is 0 Å².